The first kappa shape index (κ1) is 69.7. The van der Waals surface area contributed by atoms with Gasteiger partial charge in [0.25, 0.3) is 0 Å². The van der Waals surface area contributed by atoms with Crippen LogP contribution in [0.3, 0.4) is 0 Å². The Morgan fingerprint density at radius 3 is 0.750 bits per heavy atom. The van der Waals surface area contributed by atoms with E-state index in [1.807, 2.05) is 0 Å². The summed E-state index contributed by atoms with van der Waals surface area (Å²) in [6.07, 6.45) is 0. The zero-order chi connectivity index (χ0) is 0. The van der Waals surface area contributed by atoms with Crippen molar-refractivity contribution in [1.82, 2.24) is 12.3 Å². The van der Waals surface area contributed by atoms with Gasteiger partial charge in [-0.25, -0.2) is 0 Å². The van der Waals surface area contributed by atoms with Crippen molar-refractivity contribution < 1.29 is 40.6 Å². The second-order valence-corrected chi connectivity index (χ2v) is 0. The minimum atomic E-state index is 0. The van der Waals surface area contributed by atoms with Crippen LogP contribution in [0.25, 0.3) is 0 Å². The first-order chi connectivity index (χ1) is 0. The quantitative estimate of drug-likeness (QED) is 0.269. The van der Waals surface area contributed by atoms with E-state index in [2.05, 4.69) is 0 Å². The third-order valence-electron chi connectivity index (χ3n) is 0. The summed E-state index contributed by atoms with van der Waals surface area (Å²) in [4.78, 5) is 0. The SMILES string of the molecule is N.N.[H-].[H-].[Li+].[Li+]. The van der Waals surface area contributed by atoms with E-state index in [1.165, 1.54) is 0 Å². The fraction of sp³-hybridized carbons (Fsp3) is 0. The van der Waals surface area contributed by atoms with E-state index in [0.717, 1.165) is 0 Å². The van der Waals surface area contributed by atoms with Crippen LogP contribution < -0.4 is 50.0 Å². The van der Waals surface area contributed by atoms with Crippen molar-refractivity contribution in [1.29, 1.82) is 0 Å². The summed E-state index contributed by atoms with van der Waals surface area (Å²) in [6.45, 7) is 0. The van der Waals surface area contributed by atoms with Gasteiger partial charge in [-0.3, -0.25) is 0 Å². The van der Waals surface area contributed by atoms with Crippen LogP contribution in [0.2, 0.25) is 0 Å². The van der Waals surface area contributed by atoms with E-state index in [-0.39, 0.29) is 52.9 Å². The molecule has 6 N–H and O–H groups in total. The van der Waals surface area contributed by atoms with Crippen molar-refractivity contribution in [3.63, 3.8) is 0 Å². The number of hydrogen-bond acceptors (Lipinski definition) is 2. The molecular weight excluding hydrogens is 41.9 g/mol. The van der Waals surface area contributed by atoms with Gasteiger partial charge in [0.05, 0.1) is 0 Å². The maximum atomic E-state index is 0. The van der Waals surface area contributed by atoms with Crippen LogP contribution in [0.1, 0.15) is 2.85 Å². The van der Waals surface area contributed by atoms with Gasteiger partial charge >= 0.3 is 37.7 Å². The molecule has 0 saturated heterocycles. The van der Waals surface area contributed by atoms with Crippen molar-refractivity contribution >= 4 is 0 Å². The molecule has 0 radical (unpaired) electrons. The average Bonchev–Trinajstić information content (AvgIpc) is 0. The van der Waals surface area contributed by atoms with Crippen molar-refractivity contribution in [3.05, 3.63) is 0 Å². The molecule has 2 nitrogen and oxygen atoms in total. The van der Waals surface area contributed by atoms with Crippen molar-refractivity contribution in [2.24, 2.45) is 0 Å². The Balaban J connectivity index is 0. The molecule has 0 fully saturated rings. The monoisotopic (exact) mass is 50.1 g/mol. The molecule has 4 heteroatoms. The Hall–Kier alpha value is 1.11. The largest absolute Gasteiger partial charge is 1.00 e. The van der Waals surface area contributed by atoms with E-state index in [4.69, 9.17) is 0 Å². The van der Waals surface area contributed by atoms with Gasteiger partial charge in [-0.05, 0) is 0 Å². The summed E-state index contributed by atoms with van der Waals surface area (Å²) in [5.41, 5.74) is 0. The minimum Gasteiger partial charge on any atom is -1.00 e. The zero-order valence-corrected chi connectivity index (χ0v) is 3.41. The van der Waals surface area contributed by atoms with Gasteiger partial charge in [0.15, 0.2) is 0 Å². The summed E-state index contributed by atoms with van der Waals surface area (Å²) in [5.74, 6) is 0. The molecule has 0 atom stereocenters. The maximum absolute atomic E-state index is 0. The first-order valence-corrected chi connectivity index (χ1v) is 0. The molecule has 0 aromatic rings. The van der Waals surface area contributed by atoms with Crippen molar-refractivity contribution in [3.8, 4) is 0 Å². The molecule has 0 bridgehead atoms. The standard InChI is InChI=1S/2Li.2H3N.2H/h;;2*1H3;;/q2*+1;;;2*-1. The van der Waals surface area contributed by atoms with Gasteiger partial charge in [0.1, 0.15) is 0 Å². The Morgan fingerprint density at radius 2 is 0.750 bits per heavy atom. The molecule has 0 aromatic carbocycles. The van der Waals surface area contributed by atoms with E-state index in [1.54, 1.807) is 0 Å². The van der Waals surface area contributed by atoms with Crippen LogP contribution in [0.15, 0.2) is 0 Å². The molecule has 0 saturated carbocycles. The number of hydrogen-bond donors (Lipinski definition) is 2. The van der Waals surface area contributed by atoms with Crippen molar-refractivity contribution in [2.75, 3.05) is 0 Å². The molecule has 4 heavy (non-hydrogen) atoms. The normalized spacial score (nSPS) is 0. The Kier molecular flexibility index (Phi) is 560. The third kappa shape index (κ3) is 11.2. The summed E-state index contributed by atoms with van der Waals surface area (Å²) < 4.78 is 0. The summed E-state index contributed by atoms with van der Waals surface area (Å²) >= 11 is 0. The summed E-state index contributed by atoms with van der Waals surface area (Å²) in [7, 11) is 0. The molecule has 0 amide bonds. The van der Waals surface area contributed by atoms with Crippen molar-refractivity contribution in [2.45, 2.75) is 0 Å². The first-order valence-electron chi connectivity index (χ1n) is 0. The van der Waals surface area contributed by atoms with Gasteiger partial charge in [-0.2, -0.15) is 0 Å². The molecule has 0 spiro atoms. The van der Waals surface area contributed by atoms with Gasteiger partial charge in [0.2, 0.25) is 0 Å². The van der Waals surface area contributed by atoms with E-state index in [0.29, 0.717) is 0 Å². The molecule has 0 aliphatic carbocycles. The second-order valence-electron chi connectivity index (χ2n) is 0. The fourth-order valence-electron chi connectivity index (χ4n) is 0. The van der Waals surface area contributed by atoms with Crippen LogP contribution in [-0.4, -0.2) is 0 Å². The maximum Gasteiger partial charge on any atom is 1.00 e. The Morgan fingerprint density at radius 1 is 0.750 bits per heavy atom. The molecule has 0 rings (SSSR count). The third-order valence-corrected chi connectivity index (χ3v) is 0. The van der Waals surface area contributed by atoms with Crippen LogP contribution in [0.4, 0.5) is 0 Å². The number of rotatable bonds is 0. The van der Waals surface area contributed by atoms with Gasteiger partial charge in [0, 0.05) is 0 Å². The molecule has 0 unspecified atom stereocenters. The Bertz CT molecular complexity index is 9.51. The van der Waals surface area contributed by atoms with Crippen LogP contribution in [0.5, 0.6) is 0 Å². The topological polar surface area (TPSA) is 70.0 Å². The van der Waals surface area contributed by atoms with Crippen LogP contribution in [0, 0.1) is 0 Å². The fourth-order valence-corrected chi connectivity index (χ4v) is 0. The average molecular weight is 50.0 g/mol. The summed E-state index contributed by atoms with van der Waals surface area (Å²) in [5, 5.41) is 0. The van der Waals surface area contributed by atoms with Gasteiger partial charge in [-0.15, -0.1) is 0 Å². The molecule has 0 aliphatic rings. The van der Waals surface area contributed by atoms with E-state index >= 15 is 0 Å². The minimum absolute atomic E-state index is 0. The summed E-state index contributed by atoms with van der Waals surface area (Å²) in [6, 6.07) is 0. The van der Waals surface area contributed by atoms with E-state index < -0.39 is 0 Å². The predicted octanol–water partition coefficient (Wildman–Crippen LogP) is -5.44. The van der Waals surface area contributed by atoms with Crippen LogP contribution in [-0.2, 0) is 0 Å². The van der Waals surface area contributed by atoms with Gasteiger partial charge < -0.3 is 15.2 Å². The second kappa shape index (κ2) is 32.1. The van der Waals surface area contributed by atoms with Gasteiger partial charge in [-0.1, -0.05) is 0 Å². The molecular formula is H8Li2N2. The molecule has 20 valence electrons. The zero-order valence-electron chi connectivity index (χ0n) is 5.41. The van der Waals surface area contributed by atoms with E-state index in [9.17, 15) is 0 Å². The van der Waals surface area contributed by atoms with Crippen LogP contribution >= 0.6 is 0 Å². The predicted molar refractivity (Wildman–Crippen MR) is 12.3 cm³/mol. The smallest absolute Gasteiger partial charge is 1.00 e. The molecule has 0 heterocycles. The Labute approximate surface area is 53.2 Å². The molecule has 0 aliphatic heterocycles. The molecule has 0 aromatic heterocycles.